The minimum atomic E-state index is -1.04. The molecule has 1 heterocycles. The molecule has 0 unspecified atom stereocenters. The molecule has 0 aliphatic carbocycles. The number of nitrogens with zero attached hydrogens (tertiary/aromatic N) is 1. The number of likely N-dealkylation sites (tertiary alicyclic amines) is 1. The second-order valence-corrected chi connectivity index (χ2v) is 6.07. The third kappa shape index (κ3) is 6.17. The predicted octanol–water partition coefficient (Wildman–Crippen LogP) is -0.422. The van der Waals surface area contributed by atoms with Gasteiger partial charge in [0.1, 0.15) is 6.10 Å². The first-order valence-corrected chi connectivity index (χ1v) is 7.35. The zero-order valence-electron chi connectivity index (χ0n) is 12.5. The Morgan fingerprint density at radius 2 is 1.90 bits per heavy atom. The van der Waals surface area contributed by atoms with E-state index in [0.29, 0.717) is 25.7 Å². The van der Waals surface area contributed by atoms with Crippen molar-refractivity contribution >= 4 is 5.91 Å². The highest BCUT2D eigenvalue weighted by molar-refractivity contribution is 5.78. The van der Waals surface area contributed by atoms with Crippen LogP contribution in [0.5, 0.6) is 0 Å². The van der Waals surface area contributed by atoms with E-state index in [4.69, 9.17) is 10.5 Å². The van der Waals surface area contributed by atoms with E-state index in [1.54, 1.807) is 0 Å². The van der Waals surface area contributed by atoms with E-state index >= 15 is 0 Å². The monoisotopic (exact) mass is 288 g/mol. The van der Waals surface area contributed by atoms with Crippen LogP contribution in [0.1, 0.15) is 26.7 Å². The summed E-state index contributed by atoms with van der Waals surface area (Å²) in [6.45, 7) is 7.23. The van der Waals surface area contributed by atoms with Crippen molar-refractivity contribution in [3.8, 4) is 0 Å². The Balaban J connectivity index is 2.20. The number of primary amides is 1. The lowest BCUT2D eigenvalue weighted by Crippen LogP contribution is -2.45. The van der Waals surface area contributed by atoms with Crippen LogP contribution < -0.4 is 5.73 Å². The zero-order chi connectivity index (χ0) is 15.1. The van der Waals surface area contributed by atoms with E-state index in [9.17, 15) is 15.0 Å². The number of aliphatic hydroxyl groups is 2. The van der Waals surface area contributed by atoms with Crippen LogP contribution in [0, 0.1) is 11.8 Å². The van der Waals surface area contributed by atoms with E-state index in [2.05, 4.69) is 18.7 Å². The Bertz CT molecular complexity index is 291. The van der Waals surface area contributed by atoms with Crippen molar-refractivity contribution in [3.05, 3.63) is 0 Å². The molecule has 0 spiro atoms. The predicted molar refractivity (Wildman–Crippen MR) is 76.0 cm³/mol. The average molecular weight is 288 g/mol. The highest BCUT2D eigenvalue weighted by Gasteiger charge is 2.28. The number of amides is 1. The number of hydrogen-bond donors (Lipinski definition) is 3. The molecule has 20 heavy (non-hydrogen) atoms. The molecule has 0 aromatic rings. The van der Waals surface area contributed by atoms with Crippen LogP contribution in [0.15, 0.2) is 0 Å². The highest BCUT2D eigenvalue weighted by atomic mass is 16.5. The summed E-state index contributed by atoms with van der Waals surface area (Å²) in [7, 11) is 0. The number of carbonyl (C=O) groups is 1. The molecule has 4 N–H and O–H groups in total. The van der Waals surface area contributed by atoms with Crippen LogP contribution in [0.25, 0.3) is 0 Å². The van der Waals surface area contributed by atoms with Gasteiger partial charge < -0.3 is 25.6 Å². The molecule has 118 valence electrons. The third-order valence-electron chi connectivity index (χ3n) is 3.60. The lowest BCUT2D eigenvalue weighted by atomic mass is 9.91. The molecule has 0 aromatic heterocycles. The molecule has 0 radical (unpaired) electrons. The summed E-state index contributed by atoms with van der Waals surface area (Å²) in [5, 5.41) is 19.5. The van der Waals surface area contributed by atoms with Gasteiger partial charge in [0.2, 0.25) is 5.91 Å². The molecule has 1 aliphatic heterocycles. The van der Waals surface area contributed by atoms with Crippen molar-refractivity contribution in [1.82, 2.24) is 4.90 Å². The first-order valence-electron chi connectivity index (χ1n) is 7.35. The van der Waals surface area contributed by atoms with Crippen molar-refractivity contribution in [2.75, 3.05) is 32.8 Å². The Hall–Kier alpha value is -0.690. The van der Waals surface area contributed by atoms with Gasteiger partial charge in [-0.3, -0.25) is 4.79 Å². The van der Waals surface area contributed by atoms with Crippen molar-refractivity contribution < 1.29 is 19.7 Å². The maximum atomic E-state index is 10.9. The number of rotatable bonds is 8. The second kappa shape index (κ2) is 8.56. The topological polar surface area (TPSA) is 96.0 Å². The molecule has 1 aliphatic rings. The van der Waals surface area contributed by atoms with Crippen LogP contribution in [0.2, 0.25) is 0 Å². The third-order valence-corrected chi connectivity index (χ3v) is 3.60. The number of β-amino-alcohol motifs (C(OH)–C–C–N with tert-alkyl or cyclic N) is 1. The van der Waals surface area contributed by atoms with Crippen LogP contribution >= 0.6 is 0 Å². The lowest BCUT2D eigenvalue weighted by molar-refractivity contribution is -0.129. The van der Waals surface area contributed by atoms with Gasteiger partial charge in [-0.05, 0) is 37.8 Å². The minimum Gasteiger partial charge on any atom is -0.389 e. The standard InChI is InChI=1S/C14H28N2O4/c1-10(2)8-20-9-12(17)7-16-5-3-11(4-6-16)13(18)14(15)19/h10-13,17-18H,3-9H2,1-2H3,(H2,15,19)/t12-,13-/m1/s1. The quantitative estimate of drug-likeness (QED) is 0.564. The van der Waals surface area contributed by atoms with Gasteiger partial charge in [-0.1, -0.05) is 13.8 Å². The number of nitrogens with two attached hydrogens (primary N) is 1. The van der Waals surface area contributed by atoms with Crippen LogP contribution in [-0.2, 0) is 9.53 Å². The van der Waals surface area contributed by atoms with Gasteiger partial charge in [-0.25, -0.2) is 0 Å². The molecule has 6 nitrogen and oxygen atoms in total. The summed E-state index contributed by atoms with van der Waals surface area (Å²) in [6, 6.07) is 0. The van der Waals surface area contributed by atoms with E-state index in [1.165, 1.54) is 0 Å². The molecule has 0 bridgehead atoms. The molecule has 1 fully saturated rings. The molecule has 1 saturated heterocycles. The van der Waals surface area contributed by atoms with Gasteiger partial charge in [-0.2, -0.15) is 0 Å². The maximum Gasteiger partial charge on any atom is 0.246 e. The largest absolute Gasteiger partial charge is 0.389 e. The number of carbonyl (C=O) groups excluding carboxylic acids is 1. The van der Waals surface area contributed by atoms with Crippen LogP contribution in [0.3, 0.4) is 0 Å². The second-order valence-electron chi connectivity index (χ2n) is 6.07. The molecule has 0 aromatic carbocycles. The van der Waals surface area contributed by atoms with Crippen LogP contribution in [-0.4, -0.2) is 66.1 Å². The van der Waals surface area contributed by atoms with Crippen molar-refractivity contribution in [2.24, 2.45) is 17.6 Å². The van der Waals surface area contributed by atoms with Gasteiger partial charge in [0, 0.05) is 13.2 Å². The first kappa shape index (κ1) is 17.4. The molecule has 0 saturated carbocycles. The summed E-state index contributed by atoms with van der Waals surface area (Å²) in [6.07, 6.45) is -0.0873. The molecule has 2 atom stereocenters. The number of hydrogen-bond acceptors (Lipinski definition) is 5. The van der Waals surface area contributed by atoms with Gasteiger partial charge in [0.25, 0.3) is 0 Å². The molecule has 1 rings (SSSR count). The van der Waals surface area contributed by atoms with Crippen molar-refractivity contribution in [1.29, 1.82) is 0 Å². The summed E-state index contributed by atoms with van der Waals surface area (Å²) in [5.74, 6) is -0.239. The summed E-state index contributed by atoms with van der Waals surface area (Å²) >= 11 is 0. The van der Waals surface area contributed by atoms with E-state index in [-0.39, 0.29) is 5.92 Å². The van der Waals surface area contributed by atoms with E-state index < -0.39 is 18.1 Å². The first-order chi connectivity index (χ1) is 9.40. The zero-order valence-corrected chi connectivity index (χ0v) is 12.5. The Labute approximate surface area is 120 Å². The SMILES string of the molecule is CC(C)COC[C@H](O)CN1CCC([C@@H](O)C(N)=O)CC1. The fourth-order valence-electron chi connectivity index (χ4n) is 2.47. The Kier molecular flexibility index (Phi) is 7.43. The van der Waals surface area contributed by atoms with Crippen molar-refractivity contribution in [2.45, 2.75) is 38.9 Å². The molecule has 1 amide bonds. The summed E-state index contributed by atoms with van der Waals surface area (Å²) in [5.41, 5.74) is 5.10. The number of aliphatic hydroxyl groups excluding tert-OH is 2. The normalized spacial score (nSPS) is 21.1. The van der Waals surface area contributed by atoms with Crippen LogP contribution in [0.4, 0.5) is 0 Å². The Morgan fingerprint density at radius 1 is 1.30 bits per heavy atom. The lowest BCUT2D eigenvalue weighted by Gasteiger charge is -2.34. The number of ether oxygens (including phenoxy) is 1. The fourth-order valence-corrected chi connectivity index (χ4v) is 2.47. The summed E-state index contributed by atoms with van der Waals surface area (Å²) < 4.78 is 5.41. The van der Waals surface area contributed by atoms with Gasteiger partial charge >= 0.3 is 0 Å². The fraction of sp³-hybridized carbons (Fsp3) is 0.929. The highest BCUT2D eigenvalue weighted by Crippen LogP contribution is 2.20. The maximum absolute atomic E-state index is 10.9. The molecule has 6 heteroatoms. The van der Waals surface area contributed by atoms with Gasteiger partial charge in [0.05, 0.1) is 12.7 Å². The number of piperidine rings is 1. The van der Waals surface area contributed by atoms with E-state index in [0.717, 1.165) is 25.9 Å². The van der Waals surface area contributed by atoms with Crippen molar-refractivity contribution in [3.63, 3.8) is 0 Å². The molecular formula is C14H28N2O4. The average Bonchev–Trinajstić information content (AvgIpc) is 2.38. The van der Waals surface area contributed by atoms with E-state index in [1.807, 2.05) is 0 Å². The molecular weight excluding hydrogens is 260 g/mol. The van der Waals surface area contributed by atoms with Gasteiger partial charge in [-0.15, -0.1) is 0 Å². The Morgan fingerprint density at radius 3 is 2.40 bits per heavy atom. The summed E-state index contributed by atoms with van der Waals surface area (Å²) in [4.78, 5) is 13.1. The smallest absolute Gasteiger partial charge is 0.246 e. The minimum absolute atomic E-state index is 0.0573. The van der Waals surface area contributed by atoms with Gasteiger partial charge in [0.15, 0.2) is 0 Å².